The second-order valence-corrected chi connectivity index (χ2v) is 2.89. The van der Waals surface area contributed by atoms with Crippen molar-refractivity contribution in [1.82, 2.24) is 0 Å². The van der Waals surface area contributed by atoms with Crippen molar-refractivity contribution in [1.29, 1.82) is 0 Å². The van der Waals surface area contributed by atoms with Crippen LogP contribution >= 0.6 is 0 Å². The summed E-state index contributed by atoms with van der Waals surface area (Å²) in [6.45, 7) is 4.30. The van der Waals surface area contributed by atoms with Crippen LogP contribution in [0, 0.1) is 6.42 Å². The second kappa shape index (κ2) is 7.07. The Balaban J connectivity index is 3.00. The van der Waals surface area contributed by atoms with Gasteiger partial charge in [-0.3, -0.25) is 0 Å². The number of unbranched alkanes of at least 4 members (excludes halogenated alkanes) is 2. The first-order chi connectivity index (χ1) is 4.81. The van der Waals surface area contributed by atoms with Crippen LogP contribution in [0.15, 0.2) is 0 Å². The minimum absolute atomic E-state index is 0.441. The summed E-state index contributed by atoms with van der Waals surface area (Å²) < 4.78 is 0. The van der Waals surface area contributed by atoms with E-state index in [9.17, 15) is 0 Å². The normalized spacial score (nSPS) is 10.8. The van der Waals surface area contributed by atoms with E-state index in [-0.39, 0.29) is 0 Å². The van der Waals surface area contributed by atoms with E-state index in [0.29, 0.717) is 6.04 Å². The standard InChI is InChI=1S/C9H20N/c1-3-5-7-9(10)8-6-4-2/h3,9H,4-8,10H2,1-2H3. The van der Waals surface area contributed by atoms with Gasteiger partial charge in [0.2, 0.25) is 0 Å². The van der Waals surface area contributed by atoms with E-state index in [2.05, 4.69) is 20.3 Å². The van der Waals surface area contributed by atoms with Gasteiger partial charge >= 0.3 is 0 Å². The highest BCUT2D eigenvalue weighted by Crippen LogP contribution is 2.04. The van der Waals surface area contributed by atoms with Crippen molar-refractivity contribution in [3.63, 3.8) is 0 Å². The Kier molecular flexibility index (Phi) is 7.04. The molecule has 0 fully saturated rings. The Labute approximate surface area is 65.0 Å². The van der Waals surface area contributed by atoms with Crippen molar-refractivity contribution in [2.75, 3.05) is 0 Å². The van der Waals surface area contributed by atoms with Crippen LogP contribution in [0.3, 0.4) is 0 Å². The van der Waals surface area contributed by atoms with E-state index in [4.69, 9.17) is 5.73 Å². The summed E-state index contributed by atoms with van der Waals surface area (Å²) >= 11 is 0. The Hall–Kier alpha value is -0.0400. The third-order valence-corrected chi connectivity index (χ3v) is 1.75. The molecule has 0 aromatic heterocycles. The first-order valence-electron chi connectivity index (χ1n) is 4.34. The van der Waals surface area contributed by atoms with E-state index in [1.54, 1.807) is 0 Å². The smallest absolute Gasteiger partial charge is 0.00389 e. The maximum atomic E-state index is 5.83. The monoisotopic (exact) mass is 142 g/mol. The Morgan fingerprint density at radius 3 is 2.60 bits per heavy atom. The van der Waals surface area contributed by atoms with Gasteiger partial charge < -0.3 is 5.73 Å². The van der Waals surface area contributed by atoms with E-state index >= 15 is 0 Å². The molecule has 1 nitrogen and oxygen atoms in total. The molecule has 0 heterocycles. The minimum atomic E-state index is 0.441. The largest absolute Gasteiger partial charge is 0.328 e. The molecule has 1 unspecified atom stereocenters. The van der Waals surface area contributed by atoms with Gasteiger partial charge in [0, 0.05) is 6.04 Å². The van der Waals surface area contributed by atoms with Gasteiger partial charge in [-0.25, -0.2) is 0 Å². The fraction of sp³-hybridized carbons (Fsp3) is 0.889. The highest BCUT2D eigenvalue weighted by atomic mass is 14.6. The van der Waals surface area contributed by atoms with Crippen LogP contribution in [0.5, 0.6) is 0 Å². The van der Waals surface area contributed by atoms with Gasteiger partial charge in [-0.2, -0.15) is 0 Å². The molecule has 0 aliphatic rings. The molecule has 0 bridgehead atoms. The van der Waals surface area contributed by atoms with E-state index in [1.807, 2.05) is 0 Å². The number of nitrogens with two attached hydrogens (primary N) is 1. The lowest BCUT2D eigenvalue weighted by Gasteiger charge is -2.08. The van der Waals surface area contributed by atoms with Crippen molar-refractivity contribution in [3.05, 3.63) is 6.42 Å². The fourth-order valence-corrected chi connectivity index (χ4v) is 0.991. The summed E-state index contributed by atoms with van der Waals surface area (Å²) in [6.07, 6.45) is 8.27. The van der Waals surface area contributed by atoms with E-state index < -0.39 is 0 Å². The second-order valence-electron chi connectivity index (χ2n) is 2.89. The average Bonchev–Trinajstić information content (AvgIpc) is 1.97. The lowest BCUT2D eigenvalue weighted by atomic mass is 10.1. The predicted molar refractivity (Wildman–Crippen MR) is 46.7 cm³/mol. The summed E-state index contributed by atoms with van der Waals surface area (Å²) in [7, 11) is 0. The molecule has 0 aliphatic carbocycles. The van der Waals surface area contributed by atoms with Crippen LogP contribution in [0.4, 0.5) is 0 Å². The van der Waals surface area contributed by atoms with Gasteiger partial charge in [0.1, 0.15) is 0 Å². The van der Waals surface area contributed by atoms with Crippen LogP contribution in [-0.4, -0.2) is 6.04 Å². The first-order valence-corrected chi connectivity index (χ1v) is 4.34. The third kappa shape index (κ3) is 6.09. The summed E-state index contributed by atoms with van der Waals surface area (Å²) in [4.78, 5) is 0. The van der Waals surface area contributed by atoms with E-state index in [1.165, 1.54) is 25.7 Å². The van der Waals surface area contributed by atoms with Crippen LogP contribution in [-0.2, 0) is 0 Å². The molecule has 1 heteroatoms. The molecule has 10 heavy (non-hydrogen) atoms. The zero-order chi connectivity index (χ0) is 7.82. The van der Waals surface area contributed by atoms with Crippen molar-refractivity contribution < 1.29 is 0 Å². The highest BCUT2D eigenvalue weighted by molar-refractivity contribution is 4.65. The zero-order valence-electron chi connectivity index (χ0n) is 7.27. The Morgan fingerprint density at radius 1 is 1.40 bits per heavy atom. The molecule has 0 aliphatic heterocycles. The molecule has 1 atom stereocenters. The SMILES string of the molecule is C[CH]CCC(N)CCCC. The first kappa shape index (κ1) is 9.96. The summed E-state index contributed by atoms with van der Waals surface area (Å²) in [5.74, 6) is 0. The molecule has 0 saturated carbocycles. The molecule has 1 radical (unpaired) electrons. The van der Waals surface area contributed by atoms with Gasteiger partial charge in [-0.1, -0.05) is 26.7 Å². The molecular formula is C9H20N. The minimum Gasteiger partial charge on any atom is -0.328 e. The predicted octanol–water partition coefficient (Wildman–Crippen LogP) is 2.51. The molecule has 0 amide bonds. The molecule has 0 rings (SSSR count). The summed E-state index contributed by atoms with van der Waals surface area (Å²) in [5, 5.41) is 0. The average molecular weight is 142 g/mol. The topological polar surface area (TPSA) is 26.0 Å². The molecule has 0 aromatic rings. The molecular weight excluding hydrogens is 122 g/mol. The van der Waals surface area contributed by atoms with E-state index in [0.717, 1.165) is 6.42 Å². The molecule has 2 N–H and O–H groups in total. The van der Waals surface area contributed by atoms with Crippen molar-refractivity contribution in [2.45, 2.75) is 52.0 Å². The molecule has 0 saturated heterocycles. The maximum absolute atomic E-state index is 5.83. The third-order valence-electron chi connectivity index (χ3n) is 1.75. The quantitative estimate of drug-likeness (QED) is 0.606. The molecule has 61 valence electrons. The number of rotatable bonds is 6. The number of hydrogen-bond acceptors (Lipinski definition) is 1. The summed E-state index contributed by atoms with van der Waals surface area (Å²) in [6, 6.07) is 0.441. The van der Waals surface area contributed by atoms with Gasteiger partial charge in [0.15, 0.2) is 0 Å². The van der Waals surface area contributed by atoms with Crippen molar-refractivity contribution in [3.8, 4) is 0 Å². The van der Waals surface area contributed by atoms with Crippen LogP contribution in [0.2, 0.25) is 0 Å². The fourth-order valence-electron chi connectivity index (χ4n) is 0.991. The lowest BCUT2D eigenvalue weighted by Crippen LogP contribution is -2.19. The van der Waals surface area contributed by atoms with Gasteiger partial charge in [0.25, 0.3) is 0 Å². The van der Waals surface area contributed by atoms with Crippen molar-refractivity contribution in [2.24, 2.45) is 5.73 Å². The maximum Gasteiger partial charge on any atom is 0.00389 e. The van der Waals surface area contributed by atoms with Crippen LogP contribution < -0.4 is 5.73 Å². The molecule has 0 aromatic carbocycles. The van der Waals surface area contributed by atoms with Crippen LogP contribution in [0.25, 0.3) is 0 Å². The number of hydrogen-bond donors (Lipinski definition) is 1. The van der Waals surface area contributed by atoms with Crippen LogP contribution in [0.1, 0.15) is 46.0 Å². The van der Waals surface area contributed by atoms with Crippen molar-refractivity contribution >= 4 is 0 Å². The van der Waals surface area contributed by atoms with Gasteiger partial charge in [0.05, 0.1) is 0 Å². The Bertz CT molecular complexity index is 53.7. The lowest BCUT2D eigenvalue weighted by molar-refractivity contribution is 0.539. The highest BCUT2D eigenvalue weighted by Gasteiger charge is 1.99. The van der Waals surface area contributed by atoms with Gasteiger partial charge in [-0.15, -0.1) is 0 Å². The molecule has 0 spiro atoms. The Morgan fingerprint density at radius 2 is 2.10 bits per heavy atom. The summed E-state index contributed by atoms with van der Waals surface area (Å²) in [5.41, 5.74) is 5.83. The van der Waals surface area contributed by atoms with Gasteiger partial charge in [-0.05, 0) is 25.7 Å². The zero-order valence-corrected chi connectivity index (χ0v) is 7.27.